The number of thioether (sulfide) groups is 1. The van der Waals surface area contributed by atoms with Crippen LogP contribution in [0.3, 0.4) is 0 Å². The minimum atomic E-state index is 0.0366. The van der Waals surface area contributed by atoms with E-state index in [0.29, 0.717) is 6.54 Å². The fourth-order valence-electron chi connectivity index (χ4n) is 3.12. The lowest BCUT2D eigenvalue weighted by molar-refractivity contribution is 0.0781. The molecule has 0 atom stereocenters. The van der Waals surface area contributed by atoms with Gasteiger partial charge in [-0.3, -0.25) is 4.79 Å². The number of amides is 1. The van der Waals surface area contributed by atoms with Crippen molar-refractivity contribution in [2.45, 2.75) is 17.2 Å². The summed E-state index contributed by atoms with van der Waals surface area (Å²) in [7, 11) is 1.86. The average Bonchev–Trinajstić information content (AvgIpc) is 3.25. The normalized spacial score (nSPS) is 10.9. The zero-order valence-corrected chi connectivity index (χ0v) is 17.2. The van der Waals surface area contributed by atoms with Crippen LogP contribution >= 0.6 is 23.1 Å². The first kappa shape index (κ1) is 18.7. The molecular formula is C23H20N2OS2. The molecule has 0 spiro atoms. The van der Waals surface area contributed by atoms with E-state index in [-0.39, 0.29) is 5.91 Å². The standard InChI is InChI=1S/C23H20N2OS2/c1-25(13-17-10-11-18-6-2-3-7-19(18)12-17)23(26)21-8-4-5-9-22(21)28-15-20-14-27-16-24-20/h2-12,14,16H,13,15H2,1H3. The van der Waals surface area contributed by atoms with Gasteiger partial charge in [0.05, 0.1) is 16.8 Å². The second-order valence-corrected chi connectivity index (χ2v) is 8.34. The summed E-state index contributed by atoms with van der Waals surface area (Å²) in [6, 6.07) is 22.4. The predicted molar refractivity (Wildman–Crippen MR) is 118 cm³/mol. The van der Waals surface area contributed by atoms with Crippen LogP contribution in [0.1, 0.15) is 21.6 Å². The number of aromatic nitrogens is 1. The van der Waals surface area contributed by atoms with E-state index in [9.17, 15) is 4.79 Å². The minimum absolute atomic E-state index is 0.0366. The highest BCUT2D eigenvalue weighted by atomic mass is 32.2. The average molecular weight is 405 g/mol. The van der Waals surface area contributed by atoms with Crippen LogP contribution in [0.15, 0.2) is 82.5 Å². The molecular weight excluding hydrogens is 384 g/mol. The van der Waals surface area contributed by atoms with Crippen molar-refractivity contribution >= 4 is 39.8 Å². The van der Waals surface area contributed by atoms with Gasteiger partial charge in [0.25, 0.3) is 5.91 Å². The summed E-state index contributed by atoms with van der Waals surface area (Å²) in [5.41, 5.74) is 4.75. The third-order valence-corrected chi connectivity index (χ3v) is 6.30. The number of carbonyl (C=O) groups is 1. The van der Waals surface area contributed by atoms with Crippen LogP contribution in [0.25, 0.3) is 10.8 Å². The molecule has 0 saturated carbocycles. The second kappa shape index (κ2) is 8.59. The Morgan fingerprint density at radius 2 is 1.82 bits per heavy atom. The van der Waals surface area contributed by atoms with Gasteiger partial charge in [-0.1, -0.05) is 48.5 Å². The monoisotopic (exact) mass is 404 g/mol. The van der Waals surface area contributed by atoms with Crippen molar-refractivity contribution < 1.29 is 4.79 Å². The van der Waals surface area contributed by atoms with Crippen LogP contribution in [0, 0.1) is 0 Å². The smallest absolute Gasteiger partial charge is 0.255 e. The summed E-state index contributed by atoms with van der Waals surface area (Å²) in [4.78, 5) is 20.2. The Kier molecular flexibility index (Phi) is 5.74. The van der Waals surface area contributed by atoms with Crippen LogP contribution in [-0.2, 0) is 12.3 Å². The Morgan fingerprint density at radius 1 is 1.04 bits per heavy atom. The lowest BCUT2D eigenvalue weighted by Gasteiger charge is -2.19. The summed E-state index contributed by atoms with van der Waals surface area (Å²) < 4.78 is 0. The highest BCUT2D eigenvalue weighted by Gasteiger charge is 2.16. The van der Waals surface area contributed by atoms with Gasteiger partial charge in [0, 0.05) is 29.6 Å². The second-order valence-electron chi connectivity index (χ2n) is 6.61. The number of thiazole rings is 1. The zero-order chi connectivity index (χ0) is 19.3. The Bertz CT molecular complexity index is 1090. The summed E-state index contributed by atoms with van der Waals surface area (Å²) in [6.45, 7) is 0.578. The molecule has 0 fully saturated rings. The van der Waals surface area contributed by atoms with Gasteiger partial charge in [-0.25, -0.2) is 4.98 Å². The van der Waals surface area contributed by atoms with Crippen LogP contribution in [0.4, 0.5) is 0 Å². The number of benzene rings is 3. The Balaban J connectivity index is 1.50. The van der Waals surface area contributed by atoms with E-state index in [1.807, 2.05) is 54.3 Å². The van der Waals surface area contributed by atoms with E-state index in [2.05, 4.69) is 35.3 Å². The summed E-state index contributed by atoms with van der Waals surface area (Å²) in [6.07, 6.45) is 0. The van der Waals surface area contributed by atoms with Crippen molar-refractivity contribution in [2.24, 2.45) is 0 Å². The van der Waals surface area contributed by atoms with Gasteiger partial charge in [0.1, 0.15) is 0 Å². The van der Waals surface area contributed by atoms with E-state index < -0.39 is 0 Å². The maximum atomic E-state index is 13.1. The van der Waals surface area contributed by atoms with Crippen LogP contribution in [0.2, 0.25) is 0 Å². The van der Waals surface area contributed by atoms with E-state index in [1.165, 1.54) is 10.8 Å². The zero-order valence-electron chi connectivity index (χ0n) is 15.5. The lowest BCUT2D eigenvalue weighted by atomic mass is 10.1. The van der Waals surface area contributed by atoms with Gasteiger partial charge >= 0.3 is 0 Å². The topological polar surface area (TPSA) is 33.2 Å². The first-order chi connectivity index (χ1) is 13.7. The SMILES string of the molecule is CN(Cc1ccc2ccccc2c1)C(=O)c1ccccc1SCc1cscn1. The number of rotatable bonds is 6. The molecule has 0 aliphatic rings. The molecule has 4 aromatic rings. The number of hydrogen-bond donors (Lipinski definition) is 0. The third-order valence-electron chi connectivity index (χ3n) is 4.56. The largest absolute Gasteiger partial charge is 0.337 e. The minimum Gasteiger partial charge on any atom is -0.337 e. The molecule has 3 aromatic carbocycles. The van der Waals surface area contributed by atoms with Gasteiger partial charge < -0.3 is 4.90 Å². The van der Waals surface area contributed by atoms with Crippen LogP contribution in [-0.4, -0.2) is 22.8 Å². The first-order valence-corrected chi connectivity index (χ1v) is 11.0. The third kappa shape index (κ3) is 4.26. The molecule has 0 saturated heterocycles. The van der Waals surface area contributed by atoms with Crippen molar-refractivity contribution in [1.82, 2.24) is 9.88 Å². The summed E-state index contributed by atoms with van der Waals surface area (Å²) >= 11 is 3.25. The maximum Gasteiger partial charge on any atom is 0.255 e. The quantitative estimate of drug-likeness (QED) is 0.377. The Labute approximate surface area is 173 Å². The summed E-state index contributed by atoms with van der Waals surface area (Å²) in [5.74, 6) is 0.803. The Hall–Kier alpha value is -2.63. The van der Waals surface area contributed by atoms with Gasteiger partial charge in [0.15, 0.2) is 0 Å². The molecule has 0 aliphatic carbocycles. The van der Waals surface area contributed by atoms with Gasteiger partial charge in [-0.05, 0) is 34.5 Å². The Morgan fingerprint density at radius 3 is 2.64 bits per heavy atom. The van der Waals surface area contributed by atoms with Crippen molar-refractivity contribution in [3.63, 3.8) is 0 Å². The molecule has 0 unspecified atom stereocenters. The van der Waals surface area contributed by atoms with E-state index in [0.717, 1.165) is 27.5 Å². The molecule has 1 amide bonds. The molecule has 5 heteroatoms. The number of fused-ring (bicyclic) bond motifs is 1. The van der Waals surface area contributed by atoms with E-state index in [4.69, 9.17) is 0 Å². The highest BCUT2D eigenvalue weighted by molar-refractivity contribution is 7.98. The number of hydrogen-bond acceptors (Lipinski definition) is 4. The van der Waals surface area contributed by atoms with E-state index in [1.54, 1.807) is 28.0 Å². The molecule has 0 radical (unpaired) electrons. The van der Waals surface area contributed by atoms with Crippen molar-refractivity contribution in [1.29, 1.82) is 0 Å². The van der Waals surface area contributed by atoms with Crippen LogP contribution < -0.4 is 0 Å². The van der Waals surface area contributed by atoms with Gasteiger partial charge in [0.2, 0.25) is 0 Å². The highest BCUT2D eigenvalue weighted by Crippen LogP contribution is 2.27. The van der Waals surface area contributed by atoms with Crippen molar-refractivity contribution in [2.75, 3.05) is 7.05 Å². The molecule has 0 N–H and O–H groups in total. The van der Waals surface area contributed by atoms with Crippen molar-refractivity contribution in [3.8, 4) is 0 Å². The van der Waals surface area contributed by atoms with Gasteiger partial charge in [-0.15, -0.1) is 23.1 Å². The number of carbonyl (C=O) groups excluding carboxylic acids is 1. The van der Waals surface area contributed by atoms with Crippen molar-refractivity contribution in [3.05, 3.63) is 94.4 Å². The summed E-state index contributed by atoms with van der Waals surface area (Å²) in [5, 5.41) is 4.45. The molecule has 3 nitrogen and oxygen atoms in total. The first-order valence-electron chi connectivity index (χ1n) is 9.03. The fraction of sp³-hybridized carbons (Fsp3) is 0.130. The molecule has 0 aliphatic heterocycles. The lowest BCUT2D eigenvalue weighted by Crippen LogP contribution is -2.26. The number of nitrogens with zero attached hydrogens (tertiary/aromatic N) is 2. The molecule has 0 bridgehead atoms. The predicted octanol–water partition coefficient (Wildman–Crippen LogP) is 5.86. The molecule has 1 heterocycles. The van der Waals surface area contributed by atoms with Crippen LogP contribution in [0.5, 0.6) is 0 Å². The fourth-order valence-corrected chi connectivity index (χ4v) is 4.73. The van der Waals surface area contributed by atoms with Gasteiger partial charge in [-0.2, -0.15) is 0 Å². The molecule has 28 heavy (non-hydrogen) atoms. The molecule has 4 rings (SSSR count). The molecule has 1 aromatic heterocycles. The van der Waals surface area contributed by atoms with E-state index >= 15 is 0 Å². The maximum absolute atomic E-state index is 13.1. The molecule has 140 valence electrons.